The summed E-state index contributed by atoms with van der Waals surface area (Å²) in [7, 11) is 3.29. The predicted octanol–water partition coefficient (Wildman–Crippen LogP) is 2.54. The smallest absolute Gasteiger partial charge is 0.242 e. The van der Waals surface area contributed by atoms with Crippen LogP contribution in [-0.4, -0.2) is 41.2 Å². The topological polar surface area (TPSA) is 61.8 Å². The van der Waals surface area contributed by atoms with Gasteiger partial charge in [0.1, 0.15) is 5.25 Å². The molecule has 0 aliphatic carbocycles. The van der Waals surface area contributed by atoms with E-state index in [0.29, 0.717) is 15.9 Å². The molecule has 1 fully saturated rings. The van der Waals surface area contributed by atoms with Gasteiger partial charge in [0.05, 0.1) is 0 Å². The summed E-state index contributed by atoms with van der Waals surface area (Å²) in [6, 6.07) is 5.33. The van der Waals surface area contributed by atoms with Crippen LogP contribution >= 0.6 is 23.4 Å². The summed E-state index contributed by atoms with van der Waals surface area (Å²) in [6.45, 7) is 1.84. The number of carbonyl (C=O) groups excluding carboxylic acids is 2. The molecule has 2 rings (SSSR count). The summed E-state index contributed by atoms with van der Waals surface area (Å²) in [5, 5.41) is 3.61. The van der Waals surface area contributed by atoms with E-state index in [1.54, 1.807) is 32.3 Å². The number of nitrogens with zero attached hydrogens (tertiary/aromatic N) is 2. The molecule has 0 radical (unpaired) electrons. The maximum atomic E-state index is 12.1. The third-order valence-corrected chi connectivity index (χ3v) is 4.97. The van der Waals surface area contributed by atoms with Gasteiger partial charge >= 0.3 is 0 Å². The number of amides is 2. The minimum absolute atomic E-state index is 0.0985. The predicted molar refractivity (Wildman–Crippen MR) is 86.9 cm³/mol. The van der Waals surface area contributed by atoms with Crippen molar-refractivity contribution in [1.29, 1.82) is 0 Å². The van der Waals surface area contributed by atoms with Gasteiger partial charge in [0.25, 0.3) is 0 Å². The highest BCUT2D eigenvalue weighted by Crippen LogP contribution is 2.29. The average molecular weight is 326 g/mol. The van der Waals surface area contributed by atoms with Gasteiger partial charge in [-0.3, -0.25) is 19.5 Å². The maximum Gasteiger partial charge on any atom is 0.242 e. The Balaban J connectivity index is 2.03. The number of anilines is 1. The molecule has 5 nitrogen and oxygen atoms in total. The zero-order valence-electron chi connectivity index (χ0n) is 12.0. The quantitative estimate of drug-likeness (QED) is 0.929. The Labute approximate surface area is 132 Å². The molecule has 2 amide bonds. The molecule has 1 aromatic carbocycles. The molecule has 1 N–H and O–H groups in total. The number of hydrogen-bond acceptors (Lipinski definition) is 4. The van der Waals surface area contributed by atoms with Crippen LogP contribution in [0, 0.1) is 6.92 Å². The minimum Gasteiger partial charge on any atom is -0.326 e. The van der Waals surface area contributed by atoms with Crippen molar-refractivity contribution in [2.45, 2.75) is 18.6 Å². The largest absolute Gasteiger partial charge is 0.326 e. The van der Waals surface area contributed by atoms with Crippen molar-refractivity contribution in [2.75, 3.05) is 19.4 Å². The molecular weight excluding hydrogens is 310 g/mol. The minimum atomic E-state index is -0.423. The Morgan fingerprint density at radius 3 is 2.86 bits per heavy atom. The molecule has 1 atom stereocenters. The summed E-state index contributed by atoms with van der Waals surface area (Å²) in [6.07, 6.45) is 0.110. The third kappa shape index (κ3) is 3.39. The molecule has 0 bridgehead atoms. The fourth-order valence-electron chi connectivity index (χ4n) is 2.01. The van der Waals surface area contributed by atoms with Crippen LogP contribution in [0.4, 0.5) is 5.69 Å². The number of hydrogen-bond donors (Lipinski definition) is 1. The summed E-state index contributed by atoms with van der Waals surface area (Å²) in [5.41, 5.74) is 1.48. The Morgan fingerprint density at radius 2 is 2.24 bits per heavy atom. The number of thioether (sulfide) groups is 1. The highest BCUT2D eigenvalue weighted by atomic mass is 35.5. The molecule has 0 spiro atoms. The standard InChI is InChI=1S/C14H16ClN3O2S/c1-8-9(15)5-4-6-10(8)17-12(19)7-11-13(20)18(3)14(16-2)21-11/h4-6,11H,7H2,1-3H3,(H,17,19)/t11-/m1/s1. The second-order valence-corrected chi connectivity index (χ2v) is 6.25. The Morgan fingerprint density at radius 1 is 1.52 bits per heavy atom. The van der Waals surface area contributed by atoms with Crippen molar-refractivity contribution in [3.05, 3.63) is 28.8 Å². The van der Waals surface area contributed by atoms with Gasteiger partial charge in [-0.05, 0) is 24.6 Å². The van der Waals surface area contributed by atoms with Crippen molar-refractivity contribution in [2.24, 2.45) is 4.99 Å². The van der Waals surface area contributed by atoms with E-state index >= 15 is 0 Å². The van der Waals surface area contributed by atoms with Gasteiger partial charge in [-0.15, -0.1) is 0 Å². The summed E-state index contributed by atoms with van der Waals surface area (Å²) < 4.78 is 0. The average Bonchev–Trinajstić information content (AvgIpc) is 2.72. The van der Waals surface area contributed by atoms with Crippen LogP contribution in [0.1, 0.15) is 12.0 Å². The lowest BCUT2D eigenvalue weighted by molar-refractivity contribution is -0.127. The van der Waals surface area contributed by atoms with Crippen LogP contribution in [0.15, 0.2) is 23.2 Å². The molecule has 1 aliphatic rings. The highest BCUT2D eigenvalue weighted by Gasteiger charge is 2.36. The van der Waals surface area contributed by atoms with Crippen molar-refractivity contribution >= 4 is 46.0 Å². The number of carbonyl (C=O) groups is 2. The van der Waals surface area contributed by atoms with Gasteiger partial charge in [0.15, 0.2) is 5.17 Å². The molecule has 7 heteroatoms. The number of halogens is 1. The van der Waals surface area contributed by atoms with E-state index in [9.17, 15) is 9.59 Å². The first-order valence-electron chi connectivity index (χ1n) is 6.40. The Kier molecular flexibility index (Phi) is 4.90. The molecule has 0 saturated carbocycles. The Bertz CT molecular complexity index is 618. The SMILES string of the molecule is CN=C1S[C@H](CC(=O)Nc2cccc(Cl)c2C)C(=O)N1C. The fourth-order valence-corrected chi connectivity index (χ4v) is 3.29. The zero-order chi connectivity index (χ0) is 15.6. The molecular formula is C14H16ClN3O2S. The van der Waals surface area contributed by atoms with Crippen LogP contribution in [-0.2, 0) is 9.59 Å². The van der Waals surface area contributed by atoms with E-state index in [4.69, 9.17) is 11.6 Å². The molecule has 0 aromatic heterocycles. The van der Waals surface area contributed by atoms with Gasteiger partial charge < -0.3 is 5.32 Å². The highest BCUT2D eigenvalue weighted by molar-refractivity contribution is 8.15. The van der Waals surface area contributed by atoms with Gasteiger partial charge in [0.2, 0.25) is 11.8 Å². The first-order chi connectivity index (χ1) is 9.93. The molecule has 1 aliphatic heterocycles. The lowest BCUT2D eigenvalue weighted by Crippen LogP contribution is -2.30. The van der Waals surface area contributed by atoms with Crippen molar-refractivity contribution in [3.8, 4) is 0 Å². The van der Waals surface area contributed by atoms with Crippen molar-refractivity contribution in [1.82, 2.24) is 4.90 Å². The lowest BCUT2D eigenvalue weighted by atomic mass is 10.2. The monoisotopic (exact) mass is 325 g/mol. The molecule has 112 valence electrons. The van der Waals surface area contributed by atoms with Gasteiger partial charge in [0, 0.05) is 31.2 Å². The van der Waals surface area contributed by atoms with Gasteiger partial charge in [-0.2, -0.15) is 0 Å². The number of rotatable bonds is 3. The zero-order valence-corrected chi connectivity index (χ0v) is 13.6. The van der Waals surface area contributed by atoms with Crippen molar-refractivity contribution in [3.63, 3.8) is 0 Å². The van der Waals surface area contributed by atoms with E-state index in [1.807, 2.05) is 6.92 Å². The first-order valence-corrected chi connectivity index (χ1v) is 7.65. The molecule has 1 saturated heterocycles. The van der Waals surface area contributed by atoms with Crippen LogP contribution < -0.4 is 5.32 Å². The van der Waals surface area contributed by atoms with E-state index in [2.05, 4.69) is 10.3 Å². The number of amidine groups is 1. The van der Waals surface area contributed by atoms with Crippen molar-refractivity contribution < 1.29 is 9.59 Å². The van der Waals surface area contributed by atoms with E-state index in [0.717, 1.165) is 5.56 Å². The van der Waals surface area contributed by atoms with E-state index < -0.39 is 5.25 Å². The molecule has 1 aromatic rings. The van der Waals surface area contributed by atoms with Crippen LogP contribution in [0.5, 0.6) is 0 Å². The van der Waals surface area contributed by atoms with E-state index in [-0.39, 0.29) is 18.2 Å². The van der Waals surface area contributed by atoms with E-state index in [1.165, 1.54) is 16.7 Å². The summed E-state index contributed by atoms with van der Waals surface area (Å²) >= 11 is 7.33. The van der Waals surface area contributed by atoms with Gasteiger partial charge in [-0.1, -0.05) is 29.4 Å². The second kappa shape index (κ2) is 6.49. The fraction of sp³-hybridized carbons (Fsp3) is 0.357. The summed E-state index contributed by atoms with van der Waals surface area (Å²) in [5.74, 6) is -0.310. The Hall–Kier alpha value is -1.53. The summed E-state index contributed by atoms with van der Waals surface area (Å²) in [4.78, 5) is 29.6. The second-order valence-electron chi connectivity index (χ2n) is 4.67. The third-order valence-electron chi connectivity index (χ3n) is 3.24. The molecule has 21 heavy (non-hydrogen) atoms. The normalized spacial score (nSPS) is 20.2. The maximum absolute atomic E-state index is 12.1. The first kappa shape index (κ1) is 15.9. The molecule has 1 heterocycles. The lowest BCUT2D eigenvalue weighted by Gasteiger charge is -2.11. The number of benzene rings is 1. The van der Waals surface area contributed by atoms with Crippen LogP contribution in [0.25, 0.3) is 0 Å². The molecule has 0 unspecified atom stereocenters. The van der Waals surface area contributed by atoms with Crippen LogP contribution in [0.2, 0.25) is 5.02 Å². The number of aliphatic imine (C=N–C) groups is 1. The van der Waals surface area contributed by atoms with Gasteiger partial charge in [-0.25, -0.2) is 0 Å². The number of nitrogens with one attached hydrogen (secondary N) is 1. The van der Waals surface area contributed by atoms with Crippen LogP contribution in [0.3, 0.4) is 0 Å².